The standard InChI is InChI=1S/C24H23F3N2O4S/c1-16-15-28-13-12-19(16)17-6-4-7-18(14-17)21(9-5-11-23(30)31)29-34(32,33)22-10-3-2-8-20(22)24(25,26)27/h2-4,6-8,10,12-15,21,29H,5,9,11H2,1H3,(H,30,31)/t21-/m0/s1. The number of aromatic nitrogens is 1. The van der Waals surface area contributed by atoms with E-state index in [-0.39, 0.29) is 19.3 Å². The zero-order valence-electron chi connectivity index (χ0n) is 18.2. The molecule has 0 unspecified atom stereocenters. The van der Waals surface area contributed by atoms with E-state index in [0.29, 0.717) is 11.6 Å². The van der Waals surface area contributed by atoms with Crippen LogP contribution >= 0.6 is 0 Å². The molecule has 3 aromatic rings. The van der Waals surface area contributed by atoms with Crippen LogP contribution in [0.3, 0.4) is 0 Å². The van der Waals surface area contributed by atoms with Gasteiger partial charge in [-0.1, -0.05) is 30.3 Å². The van der Waals surface area contributed by atoms with Gasteiger partial charge in [0.15, 0.2) is 0 Å². The Bertz CT molecular complexity index is 1280. The topological polar surface area (TPSA) is 96.4 Å². The van der Waals surface area contributed by atoms with Crippen molar-refractivity contribution in [1.29, 1.82) is 0 Å². The molecule has 0 spiro atoms. The lowest BCUT2D eigenvalue weighted by molar-refractivity contribution is -0.140. The first-order valence-corrected chi connectivity index (χ1v) is 11.9. The van der Waals surface area contributed by atoms with Crippen LogP contribution in [-0.4, -0.2) is 24.5 Å². The average molecular weight is 493 g/mol. The molecule has 180 valence electrons. The molecule has 0 aliphatic heterocycles. The maximum atomic E-state index is 13.4. The molecule has 2 aromatic carbocycles. The summed E-state index contributed by atoms with van der Waals surface area (Å²) in [5, 5.41) is 8.99. The number of rotatable bonds is 9. The van der Waals surface area contributed by atoms with E-state index >= 15 is 0 Å². The molecule has 0 aliphatic carbocycles. The highest BCUT2D eigenvalue weighted by molar-refractivity contribution is 7.89. The van der Waals surface area contributed by atoms with E-state index in [2.05, 4.69) is 9.71 Å². The van der Waals surface area contributed by atoms with Gasteiger partial charge in [-0.15, -0.1) is 0 Å². The first kappa shape index (κ1) is 25.4. The highest BCUT2D eigenvalue weighted by Crippen LogP contribution is 2.35. The van der Waals surface area contributed by atoms with Crippen molar-refractivity contribution in [2.75, 3.05) is 0 Å². The molecule has 0 saturated carbocycles. The third kappa shape index (κ3) is 6.21. The Kier molecular flexibility index (Phi) is 7.73. The summed E-state index contributed by atoms with van der Waals surface area (Å²) in [5.41, 5.74) is 1.77. The molecule has 1 heterocycles. The van der Waals surface area contributed by atoms with Gasteiger partial charge in [0.25, 0.3) is 0 Å². The van der Waals surface area contributed by atoms with Crippen molar-refractivity contribution < 1.29 is 31.5 Å². The molecule has 0 fully saturated rings. The van der Waals surface area contributed by atoms with Crippen LogP contribution in [0.1, 0.15) is 42.0 Å². The number of alkyl halides is 3. The average Bonchev–Trinajstić information content (AvgIpc) is 2.78. The second-order valence-electron chi connectivity index (χ2n) is 7.77. The lowest BCUT2D eigenvalue weighted by atomic mass is 9.96. The summed E-state index contributed by atoms with van der Waals surface area (Å²) < 4.78 is 68.8. The molecule has 2 N–H and O–H groups in total. The summed E-state index contributed by atoms with van der Waals surface area (Å²) in [6.45, 7) is 1.87. The highest BCUT2D eigenvalue weighted by atomic mass is 32.2. The molecular weight excluding hydrogens is 469 g/mol. The third-order valence-corrected chi connectivity index (χ3v) is 6.81. The highest BCUT2D eigenvalue weighted by Gasteiger charge is 2.37. The molecule has 0 radical (unpaired) electrons. The lowest BCUT2D eigenvalue weighted by Crippen LogP contribution is -2.30. The number of pyridine rings is 1. The summed E-state index contributed by atoms with van der Waals surface area (Å²) in [6.07, 6.45) is -1.55. The predicted octanol–water partition coefficient (Wildman–Crippen LogP) is 5.35. The SMILES string of the molecule is Cc1cnccc1-c1cccc([C@H](CCCC(=O)O)NS(=O)(=O)c2ccccc2C(F)(F)F)c1. The van der Waals surface area contributed by atoms with Crippen molar-refractivity contribution in [2.24, 2.45) is 0 Å². The van der Waals surface area contributed by atoms with Crippen LogP contribution in [0, 0.1) is 6.92 Å². The van der Waals surface area contributed by atoms with E-state index in [1.54, 1.807) is 36.7 Å². The second-order valence-corrected chi connectivity index (χ2v) is 9.45. The largest absolute Gasteiger partial charge is 0.481 e. The van der Waals surface area contributed by atoms with Gasteiger partial charge in [-0.05, 0) is 66.3 Å². The Morgan fingerprint density at radius 3 is 2.53 bits per heavy atom. The Balaban J connectivity index is 2.01. The monoisotopic (exact) mass is 492 g/mol. The van der Waals surface area contributed by atoms with Gasteiger partial charge in [0.2, 0.25) is 10.0 Å². The van der Waals surface area contributed by atoms with Gasteiger partial charge in [0.1, 0.15) is 0 Å². The van der Waals surface area contributed by atoms with Crippen molar-refractivity contribution in [3.8, 4) is 11.1 Å². The maximum Gasteiger partial charge on any atom is 0.417 e. The molecule has 0 amide bonds. The molecular formula is C24H23F3N2O4S. The fourth-order valence-electron chi connectivity index (χ4n) is 3.66. The molecule has 3 rings (SSSR count). The smallest absolute Gasteiger partial charge is 0.417 e. The van der Waals surface area contributed by atoms with E-state index in [1.165, 1.54) is 6.07 Å². The number of nitrogens with one attached hydrogen (secondary N) is 1. The number of halogens is 3. The van der Waals surface area contributed by atoms with Gasteiger partial charge in [0.05, 0.1) is 10.5 Å². The van der Waals surface area contributed by atoms with Gasteiger partial charge < -0.3 is 5.11 Å². The zero-order valence-corrected chi connectivity index (χ0v) is 19.0. The zero-order chi connectivity index (χ0) is 24.9. The van der Waals surface area contributed by atoms with Crippen LogP contribution in [0.4, 0.5) is 13.2 Å². The number of aryl methyl sites for hydroxylation is 1. The molecule has 0 saturated heterocycles. The van der Waals surface area contributed by atoms with Crippen molar-refractivity contribution in [1.82, 2.24) is 9.71 Å². The van der Waals surface area contributed by atoms with Crippen molar-refractivity contribution in [3.05, 3.63) is 83.7 Å². The summed E-state index contributed by atoms with van der Waals surface area (Å²) in [7, 11) is -4.59. The van der Waals surface area contributed by atoms with Crippen LogP contribution in [0.25, 0.3) is 11.1 Å². The minimum Gasteiger partial charge on any atom is -0.481 e. The molecule has 10 heteroatoms. The second kappa shape index (κ2) is 10.4. The number of carboxylic acid groups (broad SMARTS) is 1. The normalized spacial score (nSPS) is 12.9. The predicted molar refractivity (Wildman–Crippen MR) is 120 cm³/mol. The van der Waals surface area contributed by atoms with Crippen molar-refractivity contribution in [2.45, 2.75) is 43.3 Å². The first-order valence-electron chi connectivity index (χ1n) is 10.4. The number of benzene rings is 2. The van der Waals surface area contributed by atoms with E-state index in [9.17, 15) is 26.4 Å². The van der Waals surface area contributed by atoms with Crippen LogP contribution in [0.5, 0.6) is 0 Å². The quantitative estimate of drug-likeness (QED) is 0.420. The number of hydrogen-bond donors (Lipinski definition) is 2. The number of hydrogen-bond acceptors (Lipinski definition) is 4. The maximum absolute atomic E-state index is 13.4. The first-order chi connectivity index (χ1) is 16.0. The van der Waals surface area contributed by atoms with E-state index < -0.39 is 38.7 Å². The molecule has 0 aliphatic rings. The van der Waals surface area contributed by atoms with Crippen LogP contribution in [0.2, 0.25) is 0 Å². The summed E-state index contributed by atoms with van der Waals surface area (Å²) >= 11 is 0. The molecule has 1 atom stereocenters. The van der Waals surface area contributed by atoms with E-state index in [0.717, 1.165) is 28.8 Å². The Morgan fingerprint density at radius 2 is 1.85 bits per heavy atom. The number of carbonyl (C=O) groups is 1. The number of sulfonamides is 1. The number of nitrogens with zero attached hydrogens (tertiary/aromatic N) is 1. The Labute approximate surface area is 195 Å². The third-order valence-electron chi connectivity index (χ3n) is 5.28. The van der Waals surface area contributed by atoms with Crippen molar-refractivity contribution >= 4 is 16.0 Å². The summed E-state index contributed by atoms with van der Waals surface area (Å²) in [6, 6.07) is 11.8. The molecule has 1 aromatic heterocycles. The van der Waals surface area contributed by atoms with Crippen LogP contribution in [-0.2, 0) is 21.0 Å². The van der Waals surface area contributed by atoms with Gasteiger partial charge >= 0.3 is 12.1 Å². The van der Waals surface area contributed by atoms with Crippen LogP contribution in [0.15, 0.2) is 71.9 Å². The lowest BCUT2D eigenvalue weighted by Gasteiger charge is -2.21. The van der Waals surface area contributed by atoms with Crippen LogP contribution < -0.4 is 4.72 Å². The van der Waals surface area contributed by atoms with Crippen molar-refractivity contribution in [3.63, 3.8) is 0 Å². The number of aliphatic carboxylic acids is 1. The van der Waals surface area contributed by atoms with E-state index in [4.69, 9.17) is 5.11 Å². The summed E-state index contributed by atoms with van der Waals surface area (Å²) in [5.74, 6) is -1.05. The van der Waals surface area contributed by atoms with Gasteiger partial charge in [-0.25, -0.2) is 13.1 Å². The van der Waals surface area contributed by atoms with Gasteiger partial charge in [-0.3, -0.25) is 9.78 Å². The Hall–Kier alpha value is -3.24. The van der Waals surface area contributed by atoms with Gasteiger partial charge in [0, 0.05) is 24.9 Å². The summed E-state index contributed by atoms with van der Waals surface area (Å²) in [4.78, 5) is 14.2. The Morgan fingerprint density at radius 1 is 1.12 bits per heavy atom. The minimum atomic E-state index is -4.86. The molecule has 34 heavy (non-hydrogen) atoms. The van der Waals surface area contributed by atoms with E-state index in [1.807, 2.05) is 13.0 Å². The molecule has 0 bridgehead atoms. The fraction of sp³-hybridized carbons (Fsp3) is 0.250. The van der Waals surface area contributed by atoms with Gasteiger partial charge in [-0.2, -0.15) is 13.2 Å². The minimum absolute atomic E-state index is 0.0818. The molecule has 6 nitrogen and oxygen atoms in total. The fourth-order valence-corrected chi connectivity index (χ4v) is 5.14. The number of carboxylic acids is 1.